The number of rotatable bonds is 6. The van der Waals surface area contributed by atoms with Crippen LogP contribution in [0.5, 0.6) is 0 Å². The fourth-order valence-electron chi connectivity index (χ4n) is 3.04. The lowest BCUT2D eigenvalue weighted by Crippen LogP contribution is -2.42. The van der Waals surface area contributed by atoms with Crippen LogP contribution in [0.15, 0.2) is 60.7 Å². The summed E-state index contributed by atoms with van der Waals surface area (Å²) in [5.74, 6) is -1.92. The number of hydrogen-bond acceptors (Lipinski definition) is 4. The molecule has 0 aliphatic carbocycles. The first kappa shape index (κ1) is 21.7. The lowest BCUT2D eigenvalue weighted by Gasteiger charge is -2.34. The number of hydrogen-bond donors (Lipinski definition) is 0. The first-order chi connectivity index (χ1) is 13.1. The Hall–Kier alpha value is -2.62. The van der Waals surface area contributed by atoms with Gasteiger partial charge >= 0.3 is 11.9 Å². The number of ether oxygens (including phenoxy) is 2. The highest BCUT2D eigenvalue weighted by molar-refractivity contribution is 6.29. The average Bonchev–Trinajstić information content (AvgIpc) is 2.61. The van der Waals surface area contributed by atoms with Gasteiger partial charge in [0.05, 0.1) is 0 Å². The van der Waals surface area contributed by atoms with E-state index in [1.807, 2.05) is 50.2 Å². The SMILES string of the molecule is CC(C)(C)OC(=O)C(=O)OC(C)(C)C(Cc1ccccc1)Cc1ccccc1. The van der Waals surface area contributed by atoms with Crippen LogP contribution in [-0.4, -0.2) is 23.1 Å². The first-order valence-corrected chi connectivity index (χ1v) is 9.61. The maximum Gasteiger partial charge on any atom is 0.418 e. The molecule has 4 heteroatoms. The summed E-state index contributed by atoms with van der Waals surface area (Å²) < 4.78 is 10.8. The van der Waals surface area contributed by atoms with E-state index in [9.17, 15) is 9.59 Å². The van der Waals surface area contributed by atoms with Crippen molar-refractivity contribution in [3.8, 4) is 0 Å². The van der Waals surface area contributed by atoms with Crippen molar-refractivity contribution in [1.29, 1.82) is 0 Å². The highest BCUT2D eigenvalue weighted by Crippen LogP contribution is 2.29. The zero-order valence-corrected chi connectivity index (χ0v) is 17.4. The van der Waals surface area contributed by atoms with Gasteiger partial charge in [-0.3, -0.25) is 0 Å². The van der Waals surface area contributed by atoms with Crippen LogP contribution in [0.1, 0.15) is 45.7 Å². The first-order valence-electron chi connectivity index (χ1n) is 9.61. The molecule has 4 nitrogen and oxygen atoms in total. The third kappa shape index (κ3) is 6.84. The quantitative estimate of drug-likeness (QED) is 0.534. The molecular formula is C24H30O4. The molecule has 0 aromatic heterocycles. The van der Waals surface area contributed by atoms with E-state index >= 15 is 0 Å². The van der Waals surface area contributed by atoms with Crippen LogP contribution >= 0.6 is 0 Å². The van der Waals surface area contributed by atoms with E-state index in [4.69, 9.17) is 9.47 Å². The Labute approximate surface area is 167 Å². The lowest BCUT2D eigenvalue weighted by atomic mass is 9.81. The minimum atomic E-state index is -0.959. The van der Waals surface area contributed by atoms with Crippen LogP contribution in [0.3, 0.4) is 0 Å². The Morgan fingerprint density at radius 3 is 1.50 bits per heavy atom. The van der Waals surface area contributed by atoms with Crippen molar-refractivity contribution in [2.24, 2.45) is 5.92 Å². The van der Waals surface area contributed by atoms with E-state index in [1.54, 1.807) is 20.8 Å². The molecule has 0 radical (unpaired) electrons. The molecule has 0 bridgehead atoms. The molecule has 0 saturated carbocycles. The molecule has 0 aliphatic heterocycles. The molecule has 2 aromatic rings. The van der Waals surface area contributed by atoms with Crippen molar-refractivity contribution < 1.29 is 19.1 Å². The van der Waals surface area contributed by atoms with Crippen LogP contribution in [0, 0.1) is 5.92 Å². The second kappa shape index (κ2) is 9.05. The molecule has 2 rings (SSSR count). The van der Waals surface area contributed by atoms with E-state index < -0.39 is 23.1 Å². The van der Waals surface area contributed by atoms with Gasteiger partial charge in [-0.15, -0.1) is 0 Å². The summed E-state index contributed by atoms with van der Waals surface area (Å²) >= 11 is 0. The maximum atomic E-state index is 12.3. The van der Waals surface area contributed by atoms with Crippen molar-refractivity contribution >= 4 is 11.9 Å². The summed E-state index contributed by atoms with van der Waals surface area (Å²) in [6.07, 6.45) is 1.45. The van der Waals surface area contributed by atoms with Gasteiger partial charge in [0, 0.05) is 5.92 Å². The van der Waals surface area contributed by atoms with E-state index in [-0.39, 0.29) is 5.92 Å². The molecule has 0 spiro atoms. The second-order valence-electron chi connectivity index (χ2n) is 8.57. The predicted octanol–water partition coefficient (Wildman–Crippen LogP) is 4.75. The summed E-state index contributed by atoms with van der Waals surface area (Å²) in [5.41, 5.74) is 0.725. The highest BCUT2D eigenvalue weighted by atomic mass is 16.6. The molecule has 0 unspecified atom stereocenters. The van der Waals surface area contributed by atoms with Crippen molar-refractivity contribution in [3.05, 3.63) is 71.8 Å². The van der Waals surface area contributed by atoms with Crippen molar-refractivity contribution in [1.82, 2.24) is 0 Å². The standard InChI is InChI=1S/C24H30O4/c1-23(2,3)27-21(25)22(26)28-24(4,5)20(16-18-12-8-6-9-13-18)17-19-14-10-7-11-15-19/h6-15,20H,16-17H2,1-5H3. The van der Waals surface area contributed by atoms with Gasteiger partial charge in [0.15, 0.2) is 0 Å². The minimum absolute atomic E-state index is 0.0105. The molecular weight excluding hydrogens is 352 g/mol. The summed E-state index contributed by atoms with van der Waals surface area (Å²) in [4.78, 5) is 24.4. The van der Waals surface area contributed by atoms with Crippen molar-refractivity contribution in [2.45, 2.75) is 58.7 Å². The molecule has 2 aromatic carbocycles. The molecule has 0 atom stereocenters. The van der Waals surface area contributed by atoms with E-state index in [1.165, 1.54) is 0 Å². The summed E-state index contributed by atoms with van der Waals surface area (Å²) in [6, 6.07) is 20.2. The zero-order chi connectivity index (χ0) is 20.8. The molecule has 0 saturated heterocycles. The fraction of sp³-hybridized carbons (Fsp3) is 0.417. The largest absolute Gasteiger partial charge is 0.452 e. The summed E-state index contributed by atoms with van der Waals surface area (Å²) in [7, 11) is 0. The van der Waals surface area contributed by atoms with Gasteiger partial charge in [0.1, 0.15) is 11.2 Å². The minimum Gasteiger partial charge on any atom is -0.452 e. The molecule has 0 amide bonds. The number of carbonyl (C=O) groups excluding carboxylic acids is 2. The van der Waals surface area contributed by atoms with E-state index in [2.05, 4.69) is 24.3 Å². The fourth-order valence-corrected chi connectivity index (χ4v) is 3.04. The van der Waals surface area contributed by atoms with Crippen molar-refractivity contribution in [2.75, 3.05) is 0 Å². The number of esters is 2. The van der Waals surface area contributed by atoms with Gasteiger partial charge < -0.3 is 9.47 Å². The second-order valence-corrected chi connectivity index (χ2v) is 8.57. The van der Waals surface area contributed by atoms with Crippen LogP contribution < -0.4 is 0 Å². The summed E-state index contributed by atoms with van der Waals surface area (Å²) in [6.45, 7) is 8.86. The normalized spacial score (nSPS) is 11.9. The van der Waals surface area contributed by atoms with Crippen LogP contribution in [0.4, 0.5) is 0 Å². The van der Waals surface area contributed by atoms with Gasteiger partial charge in [-0.1, -0.05) is 60.7 Å². The van der Waals surface area contributed by atoms with Crippen LogP contribution in [0.25, 0.3) is 0 Å². The molecule has 0 aliphatic rings. The average molecular weight is 383 g/mol. The Kier molecular flexibility index (Phi) is 7.00. The van der Waals surface area contributed by atoms with Crippen LogP contribution in [-0.2, 0) is 31.9 Å². The Morgan fingerprint density at radius 1 is 0.714 bits per heavy atom. The molecule has 0 fully saturated rings. The predicted molar refractivity (Wildman–Crippen MR) is 110 cm³/mol. The topological polar surface area (TPSA) is 52.6 Å². The van der Waals surface area contributed by atoms with Gasteiger partial charge in [0.25, 0.3) is 0 Å². The zero-order valence-electron chi connectivity index (χ0n) is 17.4. The van der Waals surface area contributed by atoms with Gasteiger partial charge in [-0.25, -0.2) is 9.59 Å². The molecule has 0 heterocycles. The third-order valence-corrected chi connectivity index (χ3v) is 4.55. The molecule has 28 heavy (non-hydrogen) atoms. The third-order valence-electron chi connectivity index (χ3n) is 4.55. The molecule has 150 valence electrons. The van der Waals surface area contributed by atoms with Crippen LogP contribution in [0.2, 0.25) is 0 Å². The maximum absolute atomic E-state index is 12.3. The number of carbonyl (C=O) groups is 2. The van der Waals surface area contributed by atoms with E-state index in [0.29, 0.717) is 0 Å². The number of benzene rings is 2. The van der Waals surface area contributed by atoms with Crippen molar-refractivity contribution in [3.63, 3.8) is 0 Å². The Balaban J connectivity index is 2.19. The lowest BCUT2D eigenvalue weighted by molar-refractivity contribution is -0.184. The monoisotopic (exact) mass is 382 g/mol. The molecule has 0 N–H and O–H groups in total. The summed E-state index contributed by atoms with van der Waals surface area (Å²) in [5, 5.41) is 0. The van der Waals surface area contributed by atoms with Gasteiger partial charge in [0.2, 0.25) is 0 Å². The smallest absolute Gasteiger partial charge is 0.418 e. The Bertz CT molecular complexity index is 732. The van der Waals surface area contributed by atoms with Gasteiger partial charge in [-0.05, 0) is 58.6 Å². The Morgan fingerprint density at radius 2 is 1.11 bits per heavy atom. The van der Waals surface area contributed by atoms with E-state index in [0.717, 1.165) is 24.0 Å². The van der Waals surface area contributed by atoms with Gasteiger partial charge in [-0.2, -0.15) is 0 Å². The highest BCUT2D eigenvalue weighted by Gasteiger charge is 2.37.